The number of hydrogen-bond acceptors (Lipinski definition) is 3. The van der Waals surface area contributed by atoms with Crippen LogP contribution in [0.15, 0.2) is 53.1 Å². The fourth-order valence-corrected chi connectivity index (χ4v) is 3.29. The van der Waals surface area contributed by atoms with Crippen LogP contribution in [0, 0.1) is 17.2 Å². The van der Waals surface area contributed by atoms with Gasteiger partial charge in [-0.15, -0.1) is 0 Å². The molecule has 0 aromatic heterocycles. The molecule has 3 heteroatoms. The lowest BCUT2D eigenvalue weighted by Gasteiger charge is -2.28. The summed E-state index contributed by atoms with van der Waals surface area (Å²) in [7, 11) is 0. The topological polar surface area (TPSA) is 45.4 Å². The molecule has 0 N–H and O–H groups in total. The van der Waals surface area contributed by atoms with Crippen molar-refractivity contribution in [2.24, 2.45) is 10.9 Å². The molecule has 0 amide bonds. The molecule has 2 heterocycles. The van der Waals surface area contributed by atoms with E-state index in [1.807, 2.05) is 36.6 Å². The highest BCUT2D eigenvalue weighted by atomic mass is 16.5. The van der Waals surface area contributed by atoms with E-state index in [-0.39, 0.29) is 17.4 Å². The van der Waals surface area contributed by atoms with Crippen molar-refractivity contribution >= 4 is 11.9 Å². The standard InChI is InChI=1S/C16H12N2O/c17-8-11-5-6-13-15(7-11)19-10-16(13)9-18-14-4-2-1-3-12(14)16/h1-7,9,13,15H,10H2. The molecule has 19 heavy (non-hydrogen) atoms. The number of benzene rings is 1. The summed E-state index contributed by atoms with van der Waals surface area (Å²) in [6, 6.07) is 10.4. The number of para-hydroxylation sites is 1. The quantitative estimate of drug-likeness (QED) is 0.708. The van der Waals surface area contributed by atoms with Crippen molar-refractivity contribution in [3.05, 3.63) is 53.6 Å². The molecular formula is C16H12N2O. The van der Waals surface area contributed by atoms with Crippen LogP contribution in [0.4, 0.5) is 5.69 Å². The number of fused-ring (bicyclic) bond motifs is 4. The van der Waals surface area contributed by atoms with Gasteiger partial charge in [0.15, 0.2) is 0 Å². The zero-order chi connectivity index (χ0) is 12.9. The Kier molecular flexibility index (Phi) is 2.06. The molecule has 1 aromatic carbocycles. The highest BCUT2D eigenvalue weighted by molar-refractivity contribution is 5.87. The van der Waals surface area contributed by atoms with Crippen molar-refractivity contribution in [2.45, 2.75) is 11.5 Å². The van der Waals surface area contributed by atoms with Crippen LogP contribution in [0.2, 0.25) is 0 Å². The van der Waals surface area contributed by atoms with Gasteiger partial charge in [0.05, 0.1) is 35.5 Å². The summed E-state index contributed by atoms with van der Waals surface area (Å²) in [5.41, 5.74) is 2.80. The molecule has 1 aliphatic carbocycles. The van der Waals surface area contributed by atoms with Crippen LogP contribution >= 0.6 is 0 Å². The Bertz CT molecular complexity index is 680. The van der Waals surface area contributed by atoms with E-state index in [1.54, 1.807) is 0 Å². The molecule has 2 aliphatic heterocycles. The smallest absolute Gasteiger partial charge is 0.0989 e. The molecule has 1 spiro atoms. The number of hydrogen-bond donors (Lipinski definition) is 0. The Morgan fingerprint density at radius 2 is 2.26 bits per heavy atom. The van der Waals surface area contributed by atoms with E-state index >= 15 is 0 Å². The Labute approximate surface area is 111 Å². The van der Waals surface area contributed by atoms with E-state index in [2.05, 4.69) is 23.2 Å². The number of allylic oxidation sites excluding steroid dienone is 2. The fraction of sp³-hybridized carbons (Fsp3) is 0.250. The average molecular weight is 248 g/mol. The summed E-state index contributed by atoms with van der Waals surface area (Å²) in [5.74, 6) is 0.233. The van der Waals surface area contributed by atoms with Gasteiger partial charge in [0.25, 0.3) is 0 Å². The first kappa shape index (κ1) is 10.7. The predicted octanol–water partition coefficient (Wildman–Crippen LogP) is 2.68. The Hall–Kier alpha value is -2.18. The monoisotopic (exact) mass is 248 g/mol. The van der Waals surface area contributed by atoms with Crippen molar-refractivity contribution in [1.82, 2.24) is 0 Å². The molecule has 3 aliphatic rings. The van der Waals surface area contributed by atoms with E-state index in [0.29, 0.717) is 12.2 Å². The molecule has 1 fully saturated rings. The molecule has 3 unspecified atom stereocenters. The van der Waals surface area contributed by atoms with Gasteiger partial charge >= 0.3 is 0 Å². The number of ether oxygens (including phenoxy) is 1. The van der Waals surface area contributed by atoms with Gasteiger partial charge in [-0.25, -0.2) is 0 Å². The minimum atomic E-state index is -0.157. The van der Waals surface area contributed by atoms with Gasteiger partial charge in [0.2, 0.25) is 0 Å². The minimum absolute atomic E-state index is 0.0164. The van der Waals surface area contributed by atoms with E-state index < -0.39 is 0 Å². The first-order chi connectivity index (χ1) is 9.33. The largest absolute Gasteiger partial charge is 0.372 e. The first-order valence-corrected chi connectivity index (χ1v) is 6.40. The summed E-state index contributed by atoms with van der Waals surface area (Å²) >= 11 is 0. The van der Waals surface area contributed by atoms with E-state index in [9.17, 15) is 0 Å². The van der Waals surface area contributed by atoms with Crippen molar-refractivity contribution < 1.29 is 4.74 Å². The maximum absolute atomic E-state index is 8.97. The minimum Gasteiger partial charge on any atom is -0.372 e. The second kappa shape index (κ2) is 3.66. The SMILES string of the molecule is N#CC1=CC2OCC3(C=Nc4ccccc43)C2C=C1. The van der Waals surface area contributed by atoms with Gasteiger partial charge < -0.3 is 4.74 Å². The van der Waals surface area contributed by atoms with Crippen molar-refractivity contribution in [3.8, 4) is 6.07 Å². The average Bonchev–Trinajstić information content (AvgIpc) is 3.03. The lowest BCUT2D eigenvalue weighted by atomic mass is 9.70. The van der Waals surface area contributed by atoms with Gasteiger partial charge in [-0.2, -0.15) is 5.26 Å². The molecule has 92 valence electrons. The summed E-state index contributed by atoms with van der Waals surface area (Å²) in [4.78, 5) is 4.54. The molecule has 1 saturated heterocycles. The van der Waals surface area contributed by atoms with Gasteiger partial charge in [0.1, 0.15) is 0 Å². The molecular weight excluding hydrogens is 236 g/mol. The van der Waals surface area contributed by atoms with Crippen LogP contribution in [-0.4, -0.2) is 18.9 Å². The maximum Gasteiger partial charge on any atom is 0.0989 e. The lowest BCUT2D eigenvalue weighted by Crippen LogP contribution is -2.35. The van der Waals surface area contributed by atoms with E-state index in [4.69, 9.17) is 10.00 Å². The number of aliphatic imine (C=N–C) groups is 1. The molecule has 3 atom stereocenters. The number of nitriles is 1. The van der Waals surface area contributed by atoms with Gasteiger partial charge in [-0.3, -0.25) is 4.99 Å². The van der Waals surface area contributed by atoms with Crippen molar-refractivity contribution in [3.63, 3.8) is 0 Å². The zero-order valence-corrected chi connectivity index (χ0v) is 10.3. The van der Waals surface area contributed by atoms with Crippen molar-refractivity contribution in [1.29, 1.82) is 5.26 Å². The second-order valence-electron chi connectivity index (χ2n) is 5.21. The van der Waals surface area contributed by atoms with Crippen LogP contribution < -0.4 is 0 Å². The summed E-state index contributed by atoms with van der Waals surface area (Å²) in [5, 5.41) is 8.97. The molecule has 1 aromatic rings. The van der Waals surface area contributed by atoms with Crippen LogP contribution in [0.5, 0.6) is 0 Å². The lowest BCUT2D eigenvalue weighted by molar-refractivity contribution is 0.132. The molecule has 4 rings (SSSR count). The van der Waals surface area contributed by atoms with Gasteiger partial charge in [0, 0.05) is 12.1 Å². The Morgan fingerprint density at radius 1 is 1.37 bits per heavy atom. The Morgan fingerprint density at radius 3 is 3.16 bits per heavy atom. The van der Waals surface area contributed by atoms with Gasteiger partial charge in [-0.05, 0) is 23.8 Å². The zero-order valence-electron chi connectivity index (χ0n) is 10.3. The molecule has 0 saturated carbocycles. The first-order valence-electron chi connectivity index (χ1n) is 6.40. The van der Waals surface area contributed by atoms with Crippen LogP contribution in [-0.2, 0) is 10.2 Å². The van der Waals surface area contributed by atoms with E-state index in [1.165, 1.54) is 5.56 Å². The maximum atomic E-state index is 8.97. The highest BCUT2D eigenvalue weighted by Crippen LogP contribution is 2.49. The number of rotatable bonds is 0. The normalized spacial score (nSPS) is 33.9. The van der Waals surface area contributed by atoms with Crippen LogP contribution in [0.3, 0.4) is 0 Å². The molecule has 0 radical (unpaired) electrons. The third-order valence-electron chi connectivity index (χ3n) is 4.26. The summed E-state index contributed by atoms with van der Waals surface area (Å²) in [6.07, 6.45) is 7.93. The van der Waals surface area contributed by atoms with Crippen LogP contribution in [0.1, 0.15) is 5.56 Å². The second-order valence-corrected chi connectivity index (χ2v) is 5.21. The molecule has 3 nitrogen and oxygen atoms in total. The molecule has 0 bridgehead atoms. The van der Waals surface area contributed by atoms with Crippen LogP contribution in [0.25, 0.3) is 0 Å². The third-order valence-corrected chi connectivity index (χ3v) is 4.26. The van der Waals surface area contributed by atoms with Gasteiger partial charge in [-0.1, -0.05) is 24.3 Å². The summed E-state index contributed by atoms with van der Waals surface area (Å²) < 4.78 is 5.91. The van der Waals surface area contributed by atoms with E-state index in [0.717, 1.165) is 5.69 Å². The van der Waals surface area contributed by atoms with Crippen molar-refractivity contribution in [2.75, 3.05) is 6.61 Å². The Balaban J connectivity index is 1.81. The fourth-order valence-electron chi connectivity index (χ4n) is 3.29. The number of nitrogens with zero attached hydrogens (tertiary/aromatic N) is 2. The predicted molar refractivity (Wildman–Crippen MR) is 72.3 cm³/mol. The third kappa shape index (κ3) is 1.32. The summed E-state index contributed by atoms with van der Waals surface area (Å²) in [6.45, 7) is 0.627. The highest BCUT2D eigenvalue weighted by Gasteiger charge is 2.51.